The maximum absolute atomic E-state index is 13.9. The molecule has 0 radical (unpaired) electrons. The predicted molar refractivity (Wildman–Crippen MR) is 260 cm³/mol. The van der Waals surface area contributed by atoms with E-state index < -0.39 is 127 Å². The number of aliphatic hydroxyl groups is 3. The molecule has 400 valence electrons. The first-order valence-electron chi connectivity index (χ1n) is 22.6. The van der Waals surface area contributed by atoms with Crippen LogP contribution in [0.4, 0.5) is 0 Å². The first-order valence-corrected chi connectivity index (χ1v) is 22.6. The molecule has 71 heavy (non-hydrogen) atoms. The molecule has 0 aromatic heterocycles. The van der Waals surface area contributed by atoms with Gasteiger partial charge >= 0.3 is 5.97 Å². The third-order valence-electron chi connectivity index (χ3n) is 10.3. The molecule has 0 fully saturated rings. The van der Waals surface area contributed by atoms with Crippen LogP contribution in [-0.2, 0) is 40.0 Å². The molecule has 10 atom stereocenters. The zero-order valence-electron chi connectivity index (χ0n) is 39.6. The fourth-order valence-corrected chi connectivity index (χ4v) is 6.49. The third kappa shape index (κ3) is 25.4. The number of carbonyl (C=O) groups is 7. The third-order valence-corrected chi connectivity index (χ3v) is 10.3. The van der Waals surface area contributed by atoms with E-state index in [1.54, 1.807) is 0 Å². The van der Waals surface area contributed by atoms with Crippen molar-refractivity contribution < 1.29 is 59.1 Å². The predicted octanol–water partition coefficient (Wildman–Crippen LogP) is -8.78. The molecule has 0 aliphatic rings. The minimum atomic E-state index is -1.81. The van der Waals surface area contributed by atoms with Gasteiger partial charge in [-0.15, -0.1) is 0 Å². The Morgan fingerprint density at radius 2 is 0.958 bits per heavy atom. The van der Waals surface area contributed by atoms with Crippen molar-refractivity contribution in [3.8, 4) is 5.75 Å². The molecule has 1 unspecified atom stereocenters. The number of amides is 6. The number of carbonyl (C=O) groups excluding carboxylic acids is 6. The Morgan fingerprint density at radius 3 is 1.39 bits per heavy atom. The van der Waals surface area contributed by atoms with Gasteiger partial charge in [0.15, 0.2) is 17.9 Å². The van der Waals surface area contributed by atoms with Crippen molar-refractivity contribution in [3.05, 3.63) is 29.8 Å². The molecule has 1 rings (SSSR count). The fraction of sp³-hybridized carbons (Fsp3) is 0.610. The van der Waals surface area contributed by atoms with Gasteiger partial charge in [-0.25, -0.2) is 4.79 Å². The van der Waals surface area contributed by atoms with Crippen LogP contribution in [-0.4, -0.2) is 178 Å². The number of hydrogen-bond acceptors (Lipinski definition) is 17. The zero-order chi connectivity index (χ0) is 53.8. The summed E-state index contributed by atoms with van der Waals surface area (Å²) in [6.45, 7) is 0.540. The summed E-state index contributed by atoms with van der Waals surface area (Å²) in [4.78, 5) is 106. The van der Waals surface area contributed by atoms with Crippen molar-refractivity contribution in [2.45, 2.75) is 125 Å². The maximum Gasteiger partial charge on any atom is 0.326 e. The van der Waals surface area contributed by atoms with E-state index in [0.29, 0.717) is 5.56 Å². The average molecular weight is 1010 g/mol. The number of hydrogen-bond donors (Lipinski definition) is 20. The quantitative estimate of drug-likeness (QED) is 0.0173. The molecular weight excluding hydrogens is 937 g/mol. The second kappa shape index (κ2) is 32.6. The number of nitrogens with two attached hydrogens (primary N) is 9. The minimum Gasteiger partial charge on any atom is -0.508 e. The van der Waals surface area contributed by atoms with Crippen LogP contribution in [0, 0.1) is 0 Å². The van der Waals surface area contributed by atoms with Gasteiger partial charge in [0.25, 0.3) is 0 Å². The van der Waals surface area contributed by atoms with E-state index in [1.807, 2.05) is 0 Å². The molecule has 30 nitrogen and oxygen atoms in total. The number of aliphatic imine (C=N–C) groups is 3. The highest BCUT2D eigenvalue weighted by atomic mass is 16.4. The summed E-state index contributed by atoms with van der Waals surface area (Å²) in [6.07, 6.45) is -5.50. The summed E-state index contributed by atoms with van der Waals surface area (Å²) in [7, 11) is 0. The molecule has 0 spiro atoms. The lowest BCUT2D eigenvalue weighted by atomic mass is 10.0. The molecule has 0 saturated carbocycles. The largest absolute Gasteiger partial charge is 0.508 e. The van der Waals surface area contributed by atoms with Crippen LogP contribution < -0.4 is 83.5 Å². The van der Waals surface area contributed by atoms with Crippen LogP contribution in [0.3, 0.4) is 0 Å². The lowest BCUT2D eigenvalue weighted by Crippen LogP contribution is -2.62. The second-order valence-corrected chi connectivity index (χ2v) is 16.5. The minimum absolute atomic E-state index is 0.00949. The van der Waals surface area contributed by atoms with E-state index in [4.69, 9.17) is 51.6 Å². The van der Waals surface area contributed by atoms with E-state index in [9.17, 15) is 59.1 Å². The molecule has 0 aliphatic heterocycles. The normalized spacial score (nSPS) is 15.2. The smallest absolute Gasteiger partial charge is 0.326 e. The molecule has 1 aromatic carbocycles. The van der Waals surface area contributed by atoms with Gasteiger partial charge in [-0.2, -0.15) is 0 Å². The highest BCUT2D eigenvalue weighted by molar-refractivity contribution is 5.97. The number of phenolic OH excluding ortho intramolecular Hbond substituents is 1. The monoisotopic (exact) mass is 1010 g/mol. The molecule has 0 saturated heterocycles. The summed E-state index contributed by atoms with van der Waals surface area (Å²) in [5.74, 6) is -8.51. The van der Waals surface area contributed by atoms with Crippen molar-refractivity contribution in [2.24, 2.45) is 66.6 Å². The van der Waals surface area contributed by atoms with Crippen molar-refractivity contribution in [3.63, 3.8) is 0 Å². The Hall–Kier alpha value is -7.12. The van der Waals surface area contributed by atoms with Crippen molar-refractivity contribution in [1.82, 2.24) is 31.9 Å². The van der Waals surface area contributed by atoms with E-state index in [2.05, 4.69) is 46.9 Å². The average Bonchev–Trinajstić information content (AvgIpc) is 3.30. The van der Waals surface area contributed by atoms with Gasteiger partial charge in [0.05, 0.1) is 37.4 Å². The van der Waals surface area contributed by atoms with E-state index in [-0.39, 0.29) is 88.8 Å². The van der Waals surface area contributed by atoms with Crippen LogP contribution in [0.25, 0.3) is 0 Å². The molecule has 30 heteroatoms. The van der Waals surface area contributed by atoms with Crippen LogP contribution >= 0.6 is 0 Å². The number of aliphatic hydroxyl groups excluding tert-OH is 3. The van der Waals surface area contributed by atoms with Crippen LogP contribution in [0.5, 0.6) is 5.75 Å². The molecule has 1 aromatic rings. The topological polar surface area (TPSA) is 564 Å². The van der Waals surface area contributed by atoms with E-state index >= 15 is 0 Å². The molecule has 0 heterocycles. The van der Waals surface area contributed by atoms with Gasteiger partial charge in [-0.05, 0) is 76.2 Å². The fourth-order valence-electron chi connectivity index (χ4n) is 6.49. The summed E-state index contributed by atoms with van der Waals surface area (Å²) in [5, 5.41) is 66.2. The standard InChI is InChI=1S/C41H74N18O12/c1-20(60)31(59-34(66)27(7-3-13-43)54-35(67)28(16-23(62)18-52-40(47)48)56-32(64)25(44)5-4-14-51-39(45)46)37(69)55-26(6-2-12-42)33(65)57-29(17-24(63)19-53-41(49)50)36(68)58-30(38(70)71)15-21-8-10-22(61)11-9-21/h8-11,20,23-31,60-63H,2-7,12-19,42-44H2,1H3,(H,54,67)(H,55,69)(H,56,64)(H,57,65)(H,58,68)(H,59,66)(H,70,71)(H4,45,46,51)(H4,47,48,52)(H4,49,50,53)/t20-,23+,24?,25+,26-,27-,28+,29+,30-,31+/m1/s1. The van der Waals surface area contributed by atoms with Gasteiger partial charge in [-0.1, -0.05) is 12.1 Å². The second-order valence-electron chi connectivity index (χ2n) is 16.5. The highest BCUT2D eigenvalue weighted by Gasteiger charge is 2.36. The lowest BCUT2D eigenvalue weighted by molar-refractivity contribution is -0.142. The maximum atomic E-state index is 13.9. The van der Waals surface area contributed by atoms with Crippen molar-refractivity contribution in [1.29, 1.82) is 0 Å². The molecule has 0 aliphatic carbocycles. The van der Waals surface area contributed by atoms with Gasteiger partial charge in [0.2, 0.25) is 35.4 Å². The lowest BCUT2D eigenvalue weighted by Gasteiger charge is -2.29. The Labute approximate surface area is 409 Å². The number of nitrogens with one attached hydrogen (secondary N) is 6. The van der Waals surface area contributed by atoms with Crippen molar-refractivity contribution >= 4 is 59.3 Å². The Morgan fingerprint density at radius 1 is 0.549 bits per heavy atom. The first kappa shape index (κ1) is 61.9. The van der Waals surface area contributed by atoms with Gasteiger partial charge in [0.1, 0.15) is 42.0 Å². The number of benzene rings is 1. The molecule has 6 amide bonds. The number of nitrogens with zero attached hydrogens (tertiary/aromatic N) is 3. The van der Waals surface area contributed by atoms with Gasteiger partial charge in [-0.3, -0.25) is 43.7 Å². The number of carboxylic acids is 1. The van der Waals surface area contributed by atoms with E-state index in [1.165, 1.54) is 24.3 Å². The highest BCUT2D eigenvalue weighted by Crippen LogP contribution is 2.13. The molecule has 0 bridgehead atoms. The number of aliphatic carboxylic acids is 1. The van der Waals surface area contributed by atoms with Crippen LogP contribution in [0.2, 0.25) is 0 Å². The van der Waals surface area contributed by atoms with Crippen LogP contribution in [0.15, 0.2) is 39.2 Å². The summed E-state index contributed by atoms with van der Waals surface area (Å²) < 4.78 is 0. The Kier molecular flexibility index (Phi) is 28.5. The zero-order valence-corrected chi connectivity index (χ0v) is 39.6. The Bertz CT molecular complexity index is 1960. The number of rotatable bonds is 34. The van der Waals surface area contributed by atoms with E-state index in [0.717, 1.165) is 6.92 Å². The first-order chi connectivity index (χ1) is 33.4. The van der Waals surface area contributed by atoms with Crippen LogP contribution in [0.1, 0.15) is 63.9 Å². The molecule has 29 N–H and O–H groups in total. The number of aromatic hydroxyl groups is 1. The number of phenols is 1. The summed E-state index contributed by atoms with van der Waals surface area (Å²) in [6, 6.07) is -5.24. The SMILES string of the molecule is C[C@@H](O)[C@H](NC(=O)[C@@H](CCCN)NC(=O)[C@H](C[C@H](O)CN=C(N)N)NC(=O)[C@@H](N)CCCN=C(N)N)C(=O)N[C@H](CCCN)C(=O)N[C@@H](CC(O)CN=C(N)N)C(=O)N[C@H](Cc1ccc(O)cc1)C(=O)O. The number of carboxylic acid groups (broad SMARTS) is 1. The summed E-state index contributed by atoms with van der Waals surface area (Å²) >= 11 is 0. The van der Waals surface area contributed by atoms with Crippen molar-refractivity contribution in [2.75, 3.05) is 32.7 Å². The number of guanidine groups is 3. The summed E-state index contributed by atoms with van der Waals surface area (Å²) in [5.41, 5.74) is 50.0. The van der Waals surface area contributed by atoms with Gasteiger partial charge in [0, 0.05) is 25.8 Å². The van der Waals surface area contributed by atoms with Gasteiger partial charge < -0.3 is 109 Å². The Balaban J connectivity index is 3.44. The molecular formula is C41H74N18O12.